The van der Waals surface area contributed by atoms with Crippen LogP contribution in [0.3, 0.4) is 0 Å². The third-order valence-electron chi connectivity index (χ3n) is 4.62. The molecule has 1 saturated heterocycles. The average Bonchev–Trinajstić information content (AvgIpc) is 2.97. The van der Waals surface area contributed by atoms with E-state index < -0.39 is 12.0 Å². The Labute approximate surface area is 129 Å². The minimum Gasteiger partial charge on any atom is -0.480 e. The molecule has 1 aliphatic carbocycles. The van der Waals surface area contributed by atoms with Crippen LogP contribution in [0, 0.1) is 5.92 Å². The van der Waals surface area contributed by atoms with E-state index in [1.807, 2.05) is 30.3 Å². The van der Waals surface area contributed by atoms with Gasteiger partial charge < -0.3 is 14.6 Å². The molecule has 0 bridgehead atoms. The summed E-state index contributed by atoms with van der Waals surface area (Å²) in [5, 5.41) is 9.32. The Kier molecular flexibility index (Phi) is 4.73. The Bertz CT molecular complexity index is 510. The van der Waals surface area contributed by atoms with E-state index in [0.29, 0.717) is 13.0 Å². The molecule has 1 saturated carbocycles. The summed E-state index contributed by atoms with van der Waals surface area (Å²) in [7, 11) is 1.66. The Morgan fingerprint density at radius 3 is 2.73 bits per heavy atom. The zero-order valence-corrected chi connectivity index (χ0v) is 12.6. The van der Waals surface area contributed by atoms with Gasteiger partial charge in [0.15, 0.2) is 0 Å². The molecule has 1 aromatic rings. The van der Waals surface area contributed by atoms with Crippen LogP contribution in [-0.2, 0) is 20.9 Å². The molecular weight excluding hydrogens is 284 g/mol. The molecule has 3 N–H and O–H groups in total. The summed E-state index contributed by atoms with van der Waals surface area (Å²) in [5.41, 5.74) is 7.07. The van der Waals surface area contributed by atoms with Gasteiger partial charge in [0.1, 0.15) is 6.04 Å². The van der Waals surface area contributed by atoms with Gasteiger partial charge in [-0.15, -0.1) is 0 Å². The second-order valence-electron chi connectivity index (χ2n) is 5.96. The zero-order chi connectivity index (χ0) is 15.5. The van der Waals surface area contributed by atoms with Crippen LogP contribution in [0.5, 0.6) is 0 Å². The number of hydrogen-bond acceptors (Lipinski definition) is 5. The largest absolute Gasteiger partial charge is 0.480 e. The number of rotatable bonds is 5. The Hall–Kier alpha value is -1.47. The number of hydrazine groups is 1. The number of methoxy groups -OCH3 is 1. The van der Waals surface area contributed by atoms with Gasteiger partial charge in [-0.1, -0.05) is 30.3 Å². The lowest BCUT2D eigenvalue weighted by molar-refractivity contribution is -0.141. The fourth-order valence-corrected chi connectivity index (χ4v) is 3.48. The van der Waals surface area contributed by atoms with Crippen LogP contribution in [0.1, 0.15) is 18.4 Å². The molecule has 6 heteroatoms. The molecule has 2 fully saturated rings. The summed E-state index contributed by atoms with van der Waals surface area (Å²) in [6.07, 6.45) is 1.45. The van der Waals surface area contributed by atoms with E-state index in [9.17, 15) is 9.90 Å². The first-order valence-corrected chi connectivity index (χ1v) is 7.61. The number of nitrogens with one attached hydrogen (secondary N) is 2. The van der Waals surface area contributed by atoms with Crippen LogP contribution in [-0.4, -0.2) is 42.5 Å². The van der Waals surface area contributed by atoms with Crippen LogP contribution in [0.4, 0.5) is 0 Å². The molecule has 6 nitrogen and oxygen atoms in total. The monoisotopic (exact) mass is 306 g/mol. The number of carboxylic acids is 1. The quantitative estimate of drug-likeness (QED) is 0.751. The molecule has 1 aromatic carbocycles. The summed E-state index contributed by atoms with van der Waals surface area (Å²) in [6, 6.07) is 9.42. The van der Waals surface area contributed by atoms with Crippen molar-refractivity contribution < 1.29 is 19.4 Å². The maximum absolute atomic E-state index is 11.4. The zero-order valence-electron chi connectivity index (χ0n) is 12.6. The summed E-state index contributed by atoms with van der Waals surface area (Å²) >= 11 is 0. The predicted molar refractivity (Wildman–Crippen MR) is 80.0 cm³/mol. The first kappa shape index (κ1) is 15.4. The van der Waals surface area contributed by atoms with Crippen molar-refractivity contribution in [2.24, 2.45) is 5.92 Å². The van der Waals surface area contributed by atoms with Gasteiger partial charge in [0.25, 0.3) is 0 Å². The number of carboxylic acid groups (broad SMARTS) is 1. The lowest BCUT2D eigenvalue weighted by Gasteiger charge is -2.37. The number of aliphatic carboxylic acids is 1. The smallest absolute Gasteiger partial charge is 0.322 e. The molecule has 1 heterocycles. The van der Waals surface area contributed by atoms with E-state index in [4.69, 9.17) is 9.47 Å². The van der Waals surface area contributed by atoms with E-state index >= 15 is 0 Å². The van der Waals surface area contributed by atoms with Gasteiger partial charge in [0.2, 0.25) is 0 Å². The van der Waals surface area contributed by atoms with Crippen LogP contribution < -0.4 is 10.9 Å². The second-order valence-corrected chi connectivity index (χ2v) is 5.96. The molecular formula is C16H22N2O4. The van der Waals surface area contributed by atoms with Gasteiger partial charge in [0, 0.05) is 19.4 Å². The highest BCUT2D eigenvalue weighted by Gasteiger charge is 2.48. The van der Waals surface area contributed by atoms with E-state index in [-0.39, 0.29) is 24.2 Å². The van der Waals surface area contributed by atoms with Crippen molar-refractivity contribution in [3.63, 3.8) is 0 Å². The van der Waals surface area contributed by atoms with Crippen molar-refractivity contribution >= 4 is 5.97 Å². The highest BCUT2D eigenvalue weighted by atomic mass is 16.5. The van der Waals surface area contributed by atoms with Crippen molar-refractivity contribution in [1.29, 1.82) is 0 Å². The fourth-order valence-electron chi connectivity index (χ4n) is 3.48. The Balaban J connectivity index is 1.64. The minimum absolute atomic E-state index is 0.00922. The maximum atomic E-state index is 11.4. The van der Waals surface area contributed by atoms with Crippen molar-refractivity contribution in [3.8, 4) is 0 Å². The first-order valence-electron chi connectivity index (χ1n) is 7.61. The predicted octanol–water partition coefficient (Wildman–Crippen LogP) is 0.926. The molecule has 120 valence electrons. The number of benzene rings is 1. The Morgan fingerprint density at radius 1 is 1.27 bits per heavy atom. The average molecular weight is 306 g/mol. The van der Waals surface area contributed by atoms with Gasteiger partial charge in [0.05, 0.1) is 24.9 Å². The third-order valence-corrected chi connectivity index (χ3v) is 4.62. The topological polar surface area (TPSA) is 79.8 Å². The van der Waals surface area contributed by atoms with Gasteiger partial charge in [-0.05, 0) is 12.0 Å². The molecule has 5 unspecified atom stereocenters. The third kappa shape index (κ3) is 3.15. The standard InChI is InChI=1S/C16H22N2O4/c1-21-13-8-11(22-9-10-5-3-2-4-6-10)7-12-14(13)17-18-15(12)16(19)20/h2-6,11-15,17-18H,7-9H2,1H3,(H,19,20). The molecule has 22 heavy (non-hydrogen) atoms. The number of hydrogen-bond donors (Lipinski definition) is 3. The van der Waals surface area contributed by atoms with Crippen LogP contribution in [0.15, 0.2) is 30.3 Å². The van der Waals surface area contributed by atoms with E-state index in [2.05, 4.69) is 10.9 Å². The first-order chi connectivity index (χ1) is 10.7. The summed E-state index contributed by atoms with van der Waals surface area (Å²) < 4.78 is 11.5. The van der Waals surface area contributed by atoms with Crippen LogP contribution >= 0.6 is 0 Å². The van der Waals surface area contributed by atoms with Crippen LogP contribution in [0.2, 0.25) is 0 Å². The van der Waals surface area contributed by atoms with Gasteiger partial charge in [-0.2, -0.15) is 0 Å². The number of ether oxygens (including phenoxy) is 2. The van der Waals surface area contributed by atoms with Gasteiger partial charge >= 0.3 is 5.97 Å². The van der Waals surface area contributed by atoms with Gasteiger partial charge in [-0.3, -0.25) is 10.2 Å². The normalized spacial score (nSPS) is 34.3. The van der Waals surface area contributed by atoms with E-state index in [0.717, 1.165) is 12.0 Å². The fraction of sp³-hybridized carbons (Fsp3) is 0.562. The van der Waals surface area contributed by atoms with Crippen molar-refractivity contribution in [1.82, 2.24) is 10.9 Å². The summed E-state index contributed by atoms with van der Waals surface area (Å²) in [4.78, 5) is 11.4. The molecule has 3 rings (SSSR count). The molecule has 0 amide bonds. The summed E-state index contributed by atoms with van der Waals surface area (Å²) in [6.45, 7) is 0.540. The van der Waals surface area contributed by atoms with Crippen molar-refractivity contribution in [2.45, 2.75) is 43.7 Å². The number of carbonyl (C=O) groups is 1. The molecule has 2 aliphatic rings. The van der Waals surface area contributed by atoms with Crippen molar-refractivity contribution in [2.75, 3.05) is 7.11 Å². The van der Waals surface area contributed by atoms with Gasteiger partial charge in [-0.25, -0.2) is 5.43 Å². The summed E-state index contributed by atoms with van der Waals surface area (Å²) in [5.74, 6) is -0.865. The SMILES string of the molecule is COC1CC(OCc2ccccc2)CC2C(C(=O)O)NNC12. The molecule has 5 atom stereocenters. The maximum Gasteiger partial charge on any atom is 0.322 e. The molecule has 1 aliphatic heterocycles. The highest BCUT2D eigenvalue weighted by Crippen LogP contribution is 2.34. The number of fused-ring (bicyclic) bond motifs is 1. The second kappa shape index (κ2) is 6.75. The van der Waals surface area contributed by atoms with Crippen LogP contribution in [0.25, 0.3) is 0 Å². The van der Waals surface area contributed by atoms with Crippen molar-refractivity contribution in [3.05, 3.63) is 35.9 Å². The van der Waals surface area contributed by atoms with E-state index in [1.54, 1.807) is 7.11 Å². The lowest BCUT2D eigenvalue weighted by atomic mass is 9.78. The minimum atomic E-state index is -0.835. The highest BCUT2D eigenvalue weighted by molar-refractivity contribution is 5.74. The molecule has 0 aromatic heterocycles. The Morgan fingerprint density at radius 2 is 2.05 bits per heavy atom. The molecule has 0 spiro atoms. The lowest BCUT2D eigenvalue weighted by Crippen LogP contribution is -2.49. The molecule has 0 radical (unpaired) electrons. The van der Waals surface area contributed by atoms with E-state index in [1.165, 1.54) is 0 Å².